The zero-order valence-electron chi connectivity index (χ0n) is 8.67. The van der Waals surface area contributed by atoms with E-state index in [2.05, 4.69) is 4.74 Å². The average molecular weight is 249 g/mol. The lowest BCUT2D eigenvalue weighted by molar-refractivity contribution is -0.140. The maximum atomic E-state index is 12.4. The average Bonchev–Trinajstić information content (AvgIpc) is 2.25. The number of aryl methyl sites for hydroxylation is 1. The molecule has 0 aliphatic carbocycles. The van der Waals surface area contributed by atoms with Gasteiger partial charge in [-0.05, 0) is 18.1 Å². The van der Waals surface area contributed by atoms with Crippen LogP contribution in [0.2, 0.25) is 5.02 Å². The highest BCUT2D eigenvalue weighted by Gasteiger charge is 2.12. The van der Waals surface area contributed by atoms with Crippen LogP contribution in [0.15, 0.2) is 18.2 Å². The third kappa shape index (κ3) is 3.45. The van der Waals surface area contributed by atoms with Crippen molar-refractivity contribution in [3.63, 3.8) is 0 Å². The van der Waals surface area contributed by atoms with Gasteiger partial charge in [0.2, 0.25) is 0 Å². The first kappa shape index (κ1) is 12.9. The first-order chi connectivity index (χ1) is 7.54. The molecule has 0 bridgehead atoms. The molecule has 0 aliphatic heterocycles. The molecule has 0 unspecified atom stereocenters. The molecule has 1 rings (SSSR count). The molecule has 5 heteroatoms. The van der Waals surface area contributed by atoms with E-state index < -0.39 is 6.43 Å². The highest BCUT2D eigenvalue weighted by atomic mass is 35.5. The number of halogens is 3. The lowest BCUT2D eigenvalue weighted by Gasteiger charge is -2.05. The van der Waals surface area contributed by atoms with Gasteiger partial charge >= 0.3 is 5.97 Å². The van der Waals surface area contributed by atoms with Crippen molar-refractivity contribution in [1.82, 2.24) is 0 Å². The van der Waals surface area contributed by atoms with Gasteiger partial charge in [0, 0.05) is 17.0 Å². The number of hydrogen-bond donors (Lipinski definition) is 0. The predicted octanol–water partition coefficient (Wildman–Crippen LogP) is 3.38. The topological polar surface area (TPSA) is 26.3 Å². The Kier molecular flexibility index (Phi) is 4.68. The van der Waals surface area contributed by atoms with E-state index in [0.717, 1.165) is 5.56 Å². The Labute approximate surface area is 97.2 Å². The highest BCUT2D eigenvalue weighted by Crippen LogP contribution is 2.27. The van der Waals surface area contributed by atoms with Gasteiger partial charge in [0.15, 0.2) is 0 Å². The van der Waals surface area contributed by atoms with Crippen molar-refractivity contribution < 1.29 is 18.3 Å². The zero-order chi connectivity index (χ0) is 12.1. The number of alkyl halides is 2. The van der Waals surface area contributed by atoms with Gasteiger partial charge in [-0.25, -0.2) is 8.78 Å². The second kappa shape index (κ2) is 5.80. The number of esters is 1. The maximum absolute atomic E-state index is 12.4. The van der Waals surface area contributed by atoms with Gasteiger partial charge in [-0.2, -0.15) is 0 Å². The van der Waals surface area contributed by atoms with E-state index in [1.54, 1.807) is 0 Å². The van der Waals surface area contributed by atoms with Crippen molar-refractivity contribution in [2.24, 2.45) is 0 Å². The van der Waals surface area contributed by atoms with Crippen LogP contribution in [0.1, 0.15) is 24.0 Å². The van der Waals surface area contributed by atoms with Crippen molar-refractivity contribution in [1.29, 1.82) is 0 Å². The summed E-state index contributed by atoms with van der Waals surface area (Å²) in [4.78, 5) is 10.9. The molecular weight excluding hydrogens is 238 g/mol. The summed E-state index contributed by atoms with van der Waals surface area (Å²) >= 11 is 5.68. The summed E-state index contributed by atoms with van der Waals surface area (Å²) in [6.07, 6.45) is -1.95. The molecule has 1 aromatic carbocycles. The Bertz CT molecular complexity index is 380. The number of rotatable bonds is 4. The molecule has 0 spiro atoms. The number of carbonyl (C=O) groups excluding carboxylic acids is 1. The third-order valence-corrected chi connectivity index (χ3v) is 2.47. The van der Waals surface area contributed by atoms with Gasteiger partial charge in [0.1, 0.15) is 0 Å². The minimum atomic E-state index is -2.58. The molecular formula is C11H11ClF2O2. The quantitative estimate of drug-likeness (QED) is 0.764. The summed E-state index contributed by atoms with van der Waals surface area (Å²) in [5, 5.41) is 0.0253. The summed E-state index contributed by atoms with van der Waals surface area (Å²) < 4.78 is 29.2. The fourth-order valence-corrected chi connectivity index (χ4v) is 1.54. The van der Waals surface area contributed by atoms with Crippen molar-refractivity contribution in [2.45, 2.75) is 19.3 Å². The monoisotopic (exact) mass is 248 g/mol. The number of methoxy groups -OCH3 is 1. The summed E-state index contributed by atoms with van der Waals surface area (Å²) in [5.74, 6) is -0.339. The lowest BCUT2D eigenvalue weighted by atomic mass is 10.1. The van der Waals surface area contributed by atoms with E-state index in [4.69, 9.17) is 11.6 Å². The van der Waals surface area contributed by atoms with Gasteiger partial charge in [-0.3, -0.25) is 4.79 Å². The zero-order valence-corrected chi connectivity index (χ0v) is 9.43. The second-order valence-electron chi connectivity index (χ2n) is 3.23. The molecule has 0 saturated heterocycles. The minimum Gasteiger partial charge on any atom is -0.469 e. The molecule has 0 aliphatic rings. The molecule has 0 fully saturated rings. The molecule has 0 heterocycles. The van der Waals surface area contributed by atoms with Crippen LogP contribution >= 0.6 is 11.6 Å². The van der Waals surface area contributed by atoms with Crippen molar-refractivity contribution in [3.05, 3.63) is 34.3 Å². The first-order valence-corrected chi connectivity index (χ1v) is 5.05. The fourth-order valence-electron chi connectivity index (χ4n) is 1.25. The van der Waals surface area contributed by atoms with E-state index >= 15 is 0 Å². The summed E-state index contributed by atoms with van der Waals surface area (Å²) in [7, 11) is 1.30. The molecule has 88 valence electrons. The Morgan fingerprint density at radius 2 is 2.19 bits per heavy atom. The van der Waals surface area contributed by atoms with Crippen LogP contribution in [0.5, 0.6) is 0 Å². The minimum absolute atomic E-state index is 0.0253. The molecule has 0 amide bonds. The molecule has 0 atom stereocenters. The number of benzene rings is 1. The third-order valence-electron chi connectivity index (χ3n) is 2.15. The van der Waals surface area contributed by atoms with Crippen LogP contribution in [-0.4, -0.2) is 13.1 Å². The SMILES string of the molecule is COC(=O)CCc1ccc(C(F)F)c(Cl)c1. The largest absolute Gasteiger partial charge is 0.469 e. The first-order valence-electron chi connectivity index (χ1n) is 4.68. The Balaban J connectivity index is 2.70. The van der Waals surface area contributed by atoms with E-state index in [-0.39, 0.29) is 23.0 Å². The predicted molar refractivity (Wildman–Crippen MR) is 56.7 cm³/mol. The summed E-state index contributed by atoms with van der Waals surface area (Å²) in [5.41, 5.74) is 0.545. The molecule has 0 saturated carbocycles. The number of ether oxygens (including phenoxy) is 1. The van der Waals surface area contributed by atoms with Gasteiger partial charge in [0.05, 0.1) is 7.11 Å². The normalized spacial score (nSPS) is 10.6. The maximum Gasteiger partial charge on any atom is 0.305 e. The molecule has 0 N–H and O–H groups in total. The van der Waals surface area contributed by atoms with Gasteiger partial charge in [0.25, 0.3) is 6.43 Å². The van der Waals surface area contributed by atoms with Crippen LogP contribution in [0.3, 0.4) is 0 Å². The van der Waals surface area contributed by atoms with Crippen molar-refractivity contribution >= 4 is 17.6 Å². The van der Waals surface area contributed by atoms with Crippen molar-refractivity contribution in [2.75, 3.05) is 7.11 Å². The van der Waals surface area contributed by atoms with Gasteiger partial charge in [-0.1, -0.05) is 23.7 Å². The Hall–Kier alpha value is -1.16. The molecule has 0 aromatic heterocycles. The molecule has 2 nitrogen and oxygen atoms in total. The van der Waals surface area contributed by atoms with Gasteiger partial charge in [-0.15, -0.1) is 0 Å². The Morgan fingerprint density at radius 1 is 1.50 bits per heavy atom. The van der Waals surface area contributed by atoms with Gasteiger partial charge < -0.3 is 4.74 Å². The molecule has 16 heavy (non-hydrogen) atoms. The van der Waals surface area contributed by atoms with Crippen LogP contribution < -0.4 is 0 Å². The number of hydrogen-bond acceptors (Lipinski definition) is 2. The summed E-state index contributed by atoms with van der Waals surface area (Å²) in [6.45, 7) is 0. The van der Waals surface area contributed by atoms with Crippen LogP contribution in [0, 0.1) is 0 Å². The van der Waals surface area contributed by atoms with Crippen LogP contribution in [0.25, 0.3) is 0 Å². The second-order valence-corrected chi connectivity index (χ2v) is 3.64. The summed E-state index contributed by atoms with van der Waals surface area (Å²) in [6, 6.07) is 4.27. The van der Waals surface area contributed by atoms with Crippen LogP contribution in [-0.2, 0) is 16.0 Å². The Morgan fingerprint density at radius 3 is 2.69 bits per heavy atom. The smallest absolute Gasteiger partial charge is 0.305 e. The highest BCUT2D eigenvalue weighted by molar-refractivity contribution is 6.31. The van der Waals surface area contributed by atoms with E-state index in [1.807, 2.05) is 0 Å². The van der Waals surface area contributed by atoms with Crippen molar-refractivity contribution in [3.8, 4) is 0 Å². The fraction of sp³-hybridized carbons (Fsp3) is 0.364. The molecule has 0 radical (unpaired) electrons. The van der Waals surface area contributed by atoms with E-state index in [0.29, 0.717) is 6.42 Å². The van der Waals surface area contributed by atoms with E-state index in [9.17, 15) is 13.6 Å². The van der Waals surface area contributed by atoms with E-state index in [1.165, 1.54) is 25.3 Å². The standard InChI is InChI=1S/C11H11ClF2O2/c1-16-10(15)5-3-7-2-4-8(11(13)14)9(12)6-7/h2,4,6,11H,3,5H2,1H3. The van der Waals surface area contributed by atoms with Crippen LogP contribution in [0.4, 0.5) is 8.78 Å². The number of carbonyl (C=O) groups is 1. The lowest BCUT2D eigenvalue weighted by Crippen LogP contribution is -2.02. The molecule has 1 aromatic rings.